The van der Waals surface area contributed by atoms with Crippen molar-refractivity contribution >= 4 is 49.3 Å². The smallest absolute Gasteiger partial charge is 0.267 e. The minimum Gasteiger partial charge on any atom is -0.506 e. The van der Waals surface area contributed by atoms with E-state index < -0.39 is 16.3 Å². The van der Waals surface area contributed by atoms with Gasteiger partial charge >= 0.3 is 0 Å². The molecule has 0 saturated carbocycles. The van der Waals surface area contributed by atoms with E-state index in [-0.39, 0.29) is 28.6 Å². The first kappa shape index (κ1) is 20.7. The van der Waals surface area contributed by atoms with Crippen LogP contribution >= 0.6 is 26.7 Å². The highest BCUT2D eigenvalue weighted by Crippen LogP contribution is 2.55. The Kier molecular flexibility index (Phi) is 5.01. The molecule has 0 aliphatic carbocycles. The van der Waals surface area contributed by atoms with Gasteiger partial charge in [-0.15, -0.1) is 4.40 Å². The molecule has 4 N–H and O–H groups in total. The van der Waals surface area contributed by atoms with Gasteiger partial charge in [0.05, 0.1) is 17.6 Å². The first-order valence-corrected chi connectivity index (χ1v) is 11.8. The molecule has 32 heavy (non-hydrogen) atoms. The number of aromatic nitrogens is 2. The standard InChI is InChI=1S/C22H17BrN4O4S/c23-14-9-7-13(8-10-14)12-27-21-15(4-3-11-24-21)19(28)18(22(27)29)20-25-16-5-1-2-6-17(16)32(30,31)26-20/h1-11,28,30-31H,12H2,(H,25,26). The van der Waals surface area contributed by atoms with Crippen molar-refractivity contribution in [2.75, 3.05) is 5.32 Å². The summed E-state index contributed by atoms with van der Waals surface area (Å²) >= 11 is 3.40. The number of benzene rings is 2. The number of amidine groups is 1. The van der Waals surface area contributed by atoms with Gasteiger partial charge in [0.2, 0.25) is 0 Å². The molecule has 5 rings (SSSR count). The number of pyridine rings is 2. The highest BCUT2D eigenvalue weighted by Gasteiger charge is 2.30. The van der Waals surface area contributed by atoms with Crippen LogP contribution in [-0.2, 0) is 6.54 Å². The maximum atomic E-state index is 13.6. The van der Waals surface area contributed by atoms with Crippen LogP contribution in [0.2, 0.25) is 0 Å². The zero-order chi connectivity index (χ0) is 22.5. The summed E-state index contributed by atoms with van der Waals surface area (Å²) in [6.45, 7) is 0.201. The van der Waals surface area contributed by atoms with Crippen LogP contribution < -0.4 is 10.9 Å². The molecule has 1 aliphatic rings. The first-order chi connectivity index (χ1) is 15.3. The van der Waals surface area contributed by atoms with Crippen LogP contribution in [-0.4, -0.2) is 29.6 Å². The average Bonchev–Trinajstić information content (AvgIpc) is 2.78. The maximum absolute atomic E-state index is 13.6. The third kappa shape index (κ3) is 3.47. The molecule has 0 radical (unpaired) electrons. The van der Waals surface area contributed by atoms with Crippen LogP contribution in [0.15, 0.2) is 85.4 Å². The van der Waals surface area contributed by atoms with E-state index >= 15 is 0 Å². The van der Waals surface area contributed by atoms with Crippen LogP contribution in [0.5, 0.6) is 5.75 Å². The van der Waals surface area contributed by atoms with Gasteiger partial charge in [-0.05, 0) is 42.0 Å². The monoisotopic (exact) mass is 512 g/mol. The Balaban J connectivity index is 1.73. The second-order valence-electron chi connectivity index (χ2n) is 7.20. The fourth-order valence-electron chi connectivity index (χ4n) is 3.64. The van der Waals surface area contributed by atoms with Gasteiger partial charge in [-0.3, -0.25) is 18.5 Å². The second-order valence-corrected chi connectivity index (χ2v) is 9.77. The summed E-state index contributed by atoms with van der Waals surface area (Å²) in [5, 5.41) is 14.3. The van der Waals surface area contributed by atoms with Gasteiger partial charge in [0.1, 0.15) is 21.9 Å². The van der Waals surface area contributed by atoms with Crippen molar-refractivity contribution in [1.82, 2.24) is 9.55 Å². The van der Waals surface area contributed by atoms with Gasteiger partial charge < -0.3 is 10.4 Å². The summed E-state index contributed by atoms with van der Waals surface area (Å²) in [5.74, 6) is -0.438. The molecule has 4 aromatic rings. The van der Waals surface area contributed by atoms with Crippen LogP contribution in [0.3, 0.4) is 0 Å². The minimum absolute atomic E-state index is 0.110. The fourth-order valence-corrected chi connectivity index (χ4v) is 5.07. The summed E-state index contributed by atoms with van der Waals surface area (Å²) in [4.78, 5) is 18.1. The van der Waals surface area contributed by atoms with Crippen LogP contribution in [0.4, 0.5) is 5.69 Å². The van der Waals surface area contributed by atoms with Crippen LogP contribution in [0.1, 0.15) is 11.1 Å². The first-order valence-electron chi connectivity index (χ1n) is 9.55. The fraction of sp³-hybridized carbons (Fsp3) is 0.0455. The van der Waals surface area contributed by atoms with Gasteiger partial charge in [-0.25, -0.2) is 4.98 Å². The van der Waals surface area contributed by atoms with Crippen LogP contribution in [0, 0.1) is 0 Å². The lowest BCUT2D eigenvalue weighted by Crippen LogP contribution is -2.32. The molecule has 1 aliphatic heterocycles. The lowest BCUT2D eigenvalue weighted by atomic mass is 10.1. The molecular formula is C22H17BrN4O4S. The molecule has 0 unspecified atom stereocenters. The van der Waals surface area contributed by atoms with Gasteiger partial charge in [0, 0.05) is 10.7 Å². The summed E-state index contributed by atoms with van der Waals surface area (Å²) in [5.41, 5.74) is 0.855. The summed E-state index contributed by atoms with van der Waals surface area (Å²) in [7, 11) is -3.56. The number of rotatable bonds is 3. The van der Waals surface area contributed by atoms with E-state index in [1.807, 2.05) is 24.3 Å². The number of halogens is 1. The van der Waals surface area contributed by atoms with E-state index in [0.717, 1.165) is 10.0 Å². The van der Waals surface area contributed by atoms with Gasteiger partial charge in [-0.2, -0.15) is 0 Å². The van der Waals surface area contributed by atoms with Crippen LogP contribution in [0.25, 0.3) is 11.0 Å². The van der Waals surface area contributed by atoms with Crippen molar-refractivity contribution < 1.29 is 14.2 Å². The number of para-hydroxylation sites is 1. The number of anilines is 1. The Bertz CT molecular complexity index is 1450. The zero-order valence-corrected chi connectivity index (χ0v) is 18.8. The summed E-state index contributed by atoms with van der Waals surface area (Å²) in [6.07, 6.45) is 1.54. The molecule has 3 heterocycles. The normalized spacial score (nSPS) is 15.5. The molecule has 2 aromatic heterocycles. The molecule has 0 bridgehead atoms. The van der Waals surface area contributed by atoms with Gasteiger partial charge in [0.15, 0.2) is 5.84 Å². The van der Waals surface area contributed by atoms with Crippen molar-refractivity contribution in [3.05, 3.63) is 92.8 Å². The summed E-state index contributed by atoms with van der Waals surface area (Å²) < 4.78 is 27.5. The number of aromatic hydroxyl groups is 1. The Morgan fingerprint density at radius 2 is 1.78 bits per heavy atom. The van der Waals surface area contributed by atoms with Crippen molar-refractivity contribution in [3.8, 4) is 5.75 Å². The number of hydrogen-bond acceptors (Lipinski definition) is 7. The largest absolute Gasteiger partial charge is 0.506 e. The molecule has 162 valence electrons. The topological polar surface area (TPSA) is 120 Å². The van der Waals surface area contributed by atoms with Crippen molar-refractivity contribution in [1.29, 1.82) is 0 Å². The number of hydrogen-bond donors (Lipinski definition) is 4. The lowest BCUT2D eigenvalue weighted by molar-refractivity contribution is 0.477. The molecule has 0 amide bonds. The highest BCUT2D eigenvalue weighted by molar-refractivity contribution is 9.10. The second kappa shape index (κ2) is 7.75. The quantitative estimate of drug-likeness (QED) is 0.312. The molecule has 2 aromatic carbocycles. The Morgan fingerprint density at radius 3 is 2.56 bits per heavy atom. The predicted octanol–water partition coefficient (Wildman–Crippen LogP) is 4.81. The van der Waals surface area contributed by atoms with E-state index in [1.165, 1.54) is 4.57 Å². The number of nitrogens with one attached hydrogen (secondary N) is 1. The molecule has 0 fully saturated rings. The van der Waals surface area contributed by atoms with Crippen molar-refractivity contribution in [3.63, 3.8) is 0 Å². The predicted molar refractivity (Wildman–Crippen MR) is 129 cm³/mol. The van der Waals surface area contributed by atoms with E-state index in [0.29, 0.717) is 16.7 Å². The number of nitrogens with zero attached hydrogens (tertiary/aromatic N) is 3. The molecule has 8 nitrogen and oxygen atoms in total. The Labute approximate surface area is 192 Å². The van der Waals surface area contributed by atoms with E-state index in [9.17, 15) is 19.0 Å². The molecule has 10 heteroatoms. The van der Waals surface area contributed by atoms with Crippen molar-refractivity contribution in [2.24, 2.45) is 4.40 Å². The third-order valence-corrected chi connectivity index (χ3v) is 7.05. The molecule has 0 spiro atoms. The Morgan fingerprint density at radius 1 is 1.03 bits per heavy atom. The minimum atomic E-state index is -3.56. The van der Waals surface area contributed by atoms with Crippen molar-refractivity contribution in [2.45, 2.75) is 11.4 Å². The SMILES string of the molecule is O=c1c(C2=NS(O)(O)c3ccccc3N2)c(O)c2cccnc2n1Cc1ccc(Br)cc1. The Hall–Kier alpha value is -3.18. The molecular weight excluding hydrogens is 496 g/mol. The lowest BCUT2D eigenvalue weighted by Gasteiger charge is -2.34. The number of fused-ring (bicyclic) bond motifs is 2. The average molecular weight is 513 g/mol. The maximum Gasteiger partial charge on any atom is 0.267 e. The van der Waals surface area contributed by atoms with E-state index in [1.54, 1.807) is 42.6 Å². The molecule has 0 saturated heterocycles. The van der Waals surface area contributed by atoms with Gasteiger partial charge in [0.25, 0.3) is 5.56 Å². The summed E-state index contributed by atoms with van der Waals surface area (Å²) in [6, 6.07) is 17.4. The van der Waals surface area contributed by atoms with E-state index in [2.05, 4.69) is 30.6 Å². The molecule has 0 atom stereocenters. The third-order valence-electron chi connectivity index (χ3n) is 5.14. The zero-order valence-electron chi connectivity index (χ0n) is 16.4. The van der Waals surface area contributed by atoms with E-state index in [4.69, 9.17) is 0 Å². The van der Waals surface area contributed by atoms with Gasteiger partial charge in [-0.1, -0.05) is 51.0 Å². The highest BCUT2D eigenvalue weighted by atomic mass is 79.9.